The lowest BCUT2D eigenvalue weighted by Gasteiger charge is -2.39. The van der Waals surface area contributed by atoms with Gasteiger partial charge in [0.15, 0.2) is 0 Å². The van der Waals surface area contributed by atoms with Gasteiger partial charge in [0.25, 0.3) is 0 Å². The fourth-order valence-corrected chi connectivity index (χ4v) is 4.36. The molecule has 2 unspecified atom stereocenters. The van der Waals surface area contributed by atoms with Crippen LogP contribution in [-0.4, -0.2) is 80.6 Å². The summed E-state index contributed by atoms with van der Waals surface area (Å²) >= 11 is 0. The Morgan fingerprint density at radius 2 is 1.79 bits per heavy atom. The molecule has 1 N–H and O–H groups in total. The molecule has 3 heterocycles. The SMILES string of the molecule is CN(C)C(=O)CN1C2CCC1CC(NC(=O)Cn1nnc(-c3ccccc3)n1)C2. The van der Waals surface area contributed by atoms with Gasteiger partial charge in [0.1, 0.15) is 6.54 Å². The molecule has 9 heteroatoms. The highest BCUT2D eigenvalue weighted by molar-refractivity contribution is 5.78. The zero-order valence-electron chi connectivity index (χ0n) is 16.9. The van der Waals surface area contributed by atoms with Crippen LogP contribution in [0.15, 0.2) is 30.3 Å². The van der Waals surface area contributed by atoms with Gasteiger partial charge in [0.2, 0.25) is 17.6 Å². The molecule has 0 aliphatic carbocycles. The van der Waals surface area contributed by atoms with Gasteiger partial charge in [-0.25, -0.2) is 0 Å². The number of nitrogens with one attached hydrogen (secondary N) is 1. The molecule has 2 saturated heterocycles. The first kappa shape index (κ1) is 19.5. The Hall–Kier alpha value is -2.81. The highest BCUT2D eigenvalue weighted by atomic mass is 16.2. The smallest absolute Gasteiger partial charge is 0.243 e. The molecule has 2 bridgehead atoms. The largest absolute Gasteiger partial charge is 0.352 e. The third-order valence-corrected chi connectivity index (χ3v) is 5.84. The molecule has 0 saturated carbocycles. The standard InChI is InChI=1S/C20H27N7O2/c1-25(2)19(29)13-26-16-8-9-17(26)11-15(10-16)21-18(28)12-27-23-20(22-24-27)14-6-4-3-5-7-14/h3-7,15-17H,8-13H2,1-2H3,(H,21,28). The first-order valence-electron chi connectivity index (χ1n) is 10.1. The lowest BCUT2D eigenvalue weighted by molar-refractivity contribution is -0.131. The minimum atomic E-state index is -0.107. The summed E-state index contributed by atoms with van der Waals surface area (Å²) < 4.78 is 0. The van der Waals surface area contributed by atoms with Gasteiger partial charge >= 0.3 is 0 Å². The molecule has 2 atom stereocenters. The fourth-order valence-electron chi connectivity index (χ4n) is 4.36. The second kappa shape index (κ2) is 8.28. The van der Waals surface area contributed by atoms with Crippen LogP contribution in [0.3, 0.4) is 0 Å². The van der Waals surface area contributed by atoms with E-state index in [0.29, 0.717) is 24.5 Å². The number of aromatic nitrogens is 4. The van der Waals surface area contributed by atoms with E-state index in [1.165, 1.54) is 4.80 Å². The fraction of sp³-hybridized carbons (Fsp3) is 0.550. The molecule has 29 heavy (non-hydrogen) atoms. The molecule has 0 radical (unpaired) electrons. The number of rotatable bonds is 6. The van der Waals surface area contributed by atoms with Gasteiger partial charge in [-0.1, -0.05) is 30.3 Å². The molecule has 2 aliphatic heterocycles. The second-order valence-electron chi connectivity index (χ2n) is 8.09. The van der Waals surface area contributed by atoms with Gasteiger partial charge in [-0.2, -0.15) is 4.80 Å². The number of carbonyl (C=O) groups excluding carboxylic acids is 2. The quantitative estimate of drug-likeness (QED) is 0.764. The molecular weight excluding hydrogens is 370 g/mol. The van der Waals surface area contributed by atoms with Gasteiger partial charge in [0.05, 0.1) is 6.54 Å². The minimum absolute atomic E-state index is 0.0501. The predicted octanol–water partition coefficient (Wildman–Crippen LogP) is 0.540. The summed E-state index contributed by atoms with van der Waals surface area (Å²) in [6, 6.07) is 10.4. The number of carbonyl (C=O) groups is 2. The molecular formula is C20H27N7O2. The molecule has 9 nitrogen and oxygen atoms in total. The second-order valence-corrected chi connectivity index (χ2v) is 8.09. The number of tetrazole rings is 1. The van der Waals surface area contributed by atoms with Crippen molar-refractivity contribution in [2.45, 2.75) is 50.4 Å². The zero-order chi connectivity index (χ0) is 20.4. The summed E-state index contributed by atoms with van der Waals surface area (Å²) in [5.41, 5.74) is 0.871. The van der Waals surface area contributed by atoms with E-state index >= 15 is 0 Å². The lowest BCUT2D eigenvalue weighted by atomic mass is 9.97. The van der Waals surface area contributed by atoms with Crippen LogP contribution in [0.5, 0.6) is 0 Å². The Bertz CT molecular complexity index is 853. The number of likely N-dealkylation sites (N-methyl/N-ethyl adjacent to an activating group) is 1. The van der Waals surface area contributed by atoms with Gasteiger partial charge in [0, 0.05) is 37.8 Å². The van der Waals surface area contributed by atoms with Crippen molar-refractivity contribution in [3.8, 4) is 11.4 Å². The van der Waals surface area contributed by atoms with E-state index in [0.717, 1.165) is 31.2 Å². The summed E-state index contributed by atoms with van der Waals surface area (Å²) in [5.74, 6) is 0.537. The van der Waals surface area contributed by atoms with Crippen LogP contribution >= 0.6 is 0 Å². The number of fused-ring (bicyclic) bond motifs is 2. The van der Waals surface area contributed by atoms with E-state index in [1.54, 1.807) is 19.0 Å². The Labute approximate surface area is 170 Å². The highest BCUT2D eigenvalue weighted by Gasteiger charge is 2.41. The van der Waals surface area contributed by atoms with Crippen LogP contribution < -0.4 is 5.32 Å². The zero-order valence-corrected chi connectivity index (χ0v) is 16.9. The van der Waals surface area contributed by atoms with Crippen molar-refractivity contribution < 1.29 is 9.59 Å². The first-order valence-corrected chi connectivity index (χ1v) is 10.1. The first-order chi connectivity index (χ1) is 14.0. The number of piperidine rings is 1. The molecule has 0 spiro atoms. The Morgan fingerprint density at radius 3 is 2.45 bits per heavy atom. The van der Waals surface area contributed by atoms with Crippen molar-refractivity contribution in [1.29, 1.82) is 0 Å². The lowest BCUT2D eigenvalue weighted by Crippen LogP contribution is -2.53. The molecule has 1 aromatic heterocycles. The maximum atomic E-state index is 12.5. The third kappa shape index (κ3) is 4.45. The maximum absolute atomic E-state index is 12.5. The molecule has 2 aliphatic rings. The van der Waals surface area contributed by atoms with Crippen molar-refractivity contribution in [1.82, 2.24) is 35.3 Å². The summed E-state index contributed by atoms with van der Waals surface area (Å²) in [7, 11) is 3.58. The third-order valence-electron chi connectivity index (χ3n) is 5.84. The monoisotopic (exact) mass is 397 g/mol. The summed E-state index contributed by atoms with van der Waals surface area (Å²) in [6.07, 6.45) is 3.93. The van der Waals surface area contributed by atoms with Crippen LogP contribution in [0.2, 0.25) is 0 Å². The van der Waals surface area contributed by atoms with E-state index in [-0.39, 0.29) is 24.4 Å². The highest BCUT2D eigenvalue weighted by Crippen LogP contribution is 2.35. The van der Waals surface area contributed by atoms with E-state index < -0.39 is 0 Å². The Morgan fingerprint density at radius 1 is 1.10 bits per heavy atom. The van der Waals surface area contributed by atoms with E-state index in [2.05, 4.69) is 25.6 Å². The van der Waals surface area contributed by atoms with Crippen molar-refractivity contribution in [3.63, 3.8) is 0 Å². The molecule has 1 aromatic carbocycles. The van der Waals surface area contributed by atoms with E-state index in [9.17, 15) is 9.59 Å². The number of amides is 2. The van der Waals surface area contributed by atoms with Crippen molar-refractivity contribution in [3.05, 3.63) is 30.3 Å². The van der Waals surface area contributed by atoms with Crippen molar-refractivity contribution >= 4 is 11.8 Å². The van der Waals surface area contributed by atoms with E-state index in [1.807, 2.05) is 30.3 Å². The van der Waals surface area contributed by atoms with Crippen LogP contribution in [-0.2, 0) is 16.1 Å². The van der Waals surface area contributed by atoms with Gasteiger partial charge in [-0.05, 0) is 30.9 Å². The molecule has 2 aromatic rings. The molecule has 4 rings (SSSR count). The number of benzene rings is 1. The normalized spacial score (nSPS) is 23.7. The molecule has 154 valence electrons. The maximum Gasteiger partial charge on any atom is 0.243 e. The average Bonchev–Trinajstić information content (AvgIpc) is 3.24. The number of hydrogen-bond donors (Lipinski definition) is 1. The van der Waals surface area contributed by atoms with Crippen LogP contribution in [0.25, 0.3) is 11.4 Å². The Kier molecular flexibility index (Phi) is 5.57. The van der Waals surface area contributed by atoms with Gasteiger partial charge in [-0.15, -0.1) is 10.2 Å². The predicted molar refractivity (Wildman–Crippen MR) is 107 cm³/mol. The summed E-state index contributed by atoms with van der Waals surface area (Å²) in [5, 5.41) is 15.4. The topological polar surface area (TPSA) is 96.2 Å². The summed E-state index contributed by atoms with van der Waals surface area (Å²) in [6.45, 7) is 0.517. The van der Waals surface area contributed by atoms with Crippen LogP contribution in [0, 0.1) is 0 Å². The van der Waals surface area contributed by atoms with Crippen LogP contribution in [0.4, 0.5) is 0 Å². The molecule has 2 amide bonds. The minimum Gasteiger partial charge on any atom is -0.352 e. The average molecular weight is 397 g/mol. The Balaban J connectivity index is 1.30. The van der Waals surface area contributed by atoms with E-state index in [4.69, 9.17) is 0 Å². The van der Waals surface area contributed by atoms with Crippen LogP contribution in [0.1, 0.15) is 25.7 Å². The number of nitrogens with zero attached hydrogens (tertiary/aromatic N) is 6. The van der Waals surface area contributed by atoms with Crippen molar-refractivity contribution in [2.24, 2.45) is 0 Å². The van der Waals surface area contributed by atoms with Crippen molar-refractivity contribution in [2.75, 3.05) is 20.6 Å². The van der Waals surface area contributed by atoms with Gasteiger partial charge < -0.3 is 10.2 Å². The van der Waals surface area contributed by atoms with Gasteiger partial charge in [-0.3, -0.25) is 14.5 Å². The number of hydrogen-bond acceptors (Lipinski definition) is 6. The molecule has 2 fully saturated rings. The summed E-state index contributed by atoms with van der Waals surface area (Å²) in [4.78, 5) is 29.9.